The monoisotopic (exact) mass is 474 g/mol. The van der Waals surface area contributed by atoms with Gasteiger partial charge in [0, 0.05) is 5.41 Å². The first kappa shape index (κ1) is 23.7. The van der Waals surface area contributed by atoms with E-state index in [1.165, 1.54) is 12.8 Å². The lowest BCUT2D eigenvalue weighted by Crippen LogP contribution is -2.88. The van der Waals surface area contributed by atoms with Crippen molar-refractivity contribution in [2.75, 3.05) is 6.54 Å². The molecule has 2 N–H and O–H groups in total. The van der Waals surface area contributed by atoms with Crippen LogP contribution in [0.1, 0.15) is 70.7 Å². The second kappa shape index (κ2) is 7.50. The van der Waals surface area contributed by atoms with Gasteiger partial charge in [-0.15, -0.1) is 0 Å². The van der Waals surface area contributed by atoms with E-state index in [1.54, 1.807) is 0 Å². The molecule has 1 aliphatic heterocycles. The third-order valence-corrected chi connectivity index (χ3v) is 9.59. The molecule has 2 amide bonds. The summed E-state index contributed by atoms with van der Waals surface area (Å²) in [5, 5.41) is 5.32. The van der Waals surface area contributed by atoms with Crippen LogP contribution in [0.5, 0.6) is 0 Å². The maximum absolute atomic E-state index is 13.8. The Morgan fingerprint density at radius 2 is 1.91 bits per heavy atom. The van der Waals surface area contributed by atoms with Gasteiger partial charge in [0.25, 0.3) is 5.91 Å². The molecule has 1 aromatic rings. The fourth-order valence-electron chi connectivity index (χ4n) is 7.42. The minimum absolute atomic E-state index is 0.00949. The Labute approximate surface area is 199 Å². The summed E-state index contributed by atoms with van der Waals surface area (Å²) in [6.45, 7) is 10.6. The highest BCUT2D eigenvalue weighted by Crippen LogP contribution is 2.92. The van der Waals surface area contributed by atoms with Crippen LogP contribution in [0.3, 0.4) is 0 Å². The molecule has 1 aromatic carbocycles. The molecule has 1 saturated heterocycles. The molecule has 7 aliphatic rings. The van der Waals surface area contributed by atoms with Crippen LogP contribution in [0, 0.1) is 33.8 Å². The Bertz CT molecular complexity index is 1040. The summed E-state index contributed by atoms with van der Waals surface area (Å²) in [5.41, 5.74) is -0.123. The van der Waals surface area contributed by atoms with Gasteiger partial charge >= 0.3 is 7.12 Å². The van der Waals surface area contributed by atoms with Crippen LogP contribution in [0.4, 0.5) is 8.78 Å². The average Bonchev–Trinajstić information content (AvgIpc) is 3.10. The molecular formula is C25H33BF2N2O4. The maximum Gasteiger partial charge on any atom is 0.481 e. The molecule has 7 fully saturated rings. The normalized spacial score (nSPS) is 35.2. The van der Waals surface area contributed by atoms with Crippen LogP contribution >= 0.6 is 0 Å². The number of amides is 2. The Morgan fingerprint density at radius 1 is 1.21 bits per heavy atom. The van der Waals surface area contributed by atoms with Crippen LogP contribution in [0.15, 0.2) is 18.2 Å². The van der Waals surface area contributed by atoms with Crippen molar-refractivity contribution in [2.45, 2.75) is 77.9 Å². The molecule has 9 heteroatoms. The number of hydrogen-bond donors (Lipinski definition) is 2. The highest BCUT2D eigenvalue weighted by Gasteiger charge is 2.91. The lowest BCUT2D eigenvalue weighted by atomic mass is 9.15. The summed E-state index contributed by atoms with van der Waals surface area (Å²) in [6.07, 6.45) is 4.00. The van der Waals surface area contributed by atoms with Crippen molar-refractivity contribution in [1.82, 2.24) is 10.6 Å². The van der Waals surface area contributed by atoms with Gasteiger partial charge < -0.3 is 19.9 Å². The van der Waals surface area contributed by atoms with E-state index in [9.17, 15) is 18.4 Å². The minimum Gasteiger partial charge on any atom is -0.404 e. The minimum atomic E-state index is -0.848. The van der Waals surface area contributed by atoms with Gasteiger partial charge in [-0.2, -0.15) is 0 Å². The number of rotatable bonds is 7. The Kier molecular flexibility index (Phi) is 5.24. The van der Waals surface area contributed by atoms with E-state index in [4.69, 9.17) is 9.31 Å². The quantitative estimate of drug-likeness (QED) is 0.592. The second-order valence-electron chi connectivity index (χ2n) is 11.9. The van der Waals surface area contributed by atoms with Crippen molar-refractivity contribution in [3.8, 4) is 0 Å². The van der Waals surface area contributed by atoms with Crippen molar-refractivity contribution in [2.24, 2.45) is 22.2 Å². The Hall–Kier alpha value is -2.00. The summed E-state index contributed by atoms with van der Waals surface area (Å²) < 4.78 is 40.3. The SMILES string of the molecule is CC(C)C[C@H](NC(=O)CNC(=O)c1cc(F)ccc1F)B1O[C@@H]2CC34CC(C3)(C4(C)C)[C@]2(C)O1. The lowest BCUT2D eigenvalue weighted by molar-refractivity contribution is -0.434. The van der Waals surface area contributed by atoms with Crippen molar-refractivity contribution in [3.05, 3.63) is 35.4 Å². The third-order valence-electron chi connectivity index (χ3n) is 9.59. The van der Waals surface area contributed by atoms with E-state index >= 15 is 0 Å². The van der Waals surface area contributed by atoms with Crippen LogP contribution in [0.25, 0.3) is 0 Å². The zero-order chi connectivity index (χ0) is 24.7. The molecule has 0 spiro atoms. The highest BCUT2D eigenvalue weighted by molar-refractivity contribution is 6.48. The zero-order valence-corrected chi connectivity index (χ0v) is 20.5. The predicted octanol–water partition coefficient (Wildman–Crippen LogP) is 3.64. The van der Waals surface area contributed by atoms with Crippen LogP contribution < -0.4 is 10.6 Å². The van der Waals surface area contributed by atoms with Gasteiger partial charge in [0.05, 0.1) is 29.8 Å². The molecule has 6 aliphatic carbocycles. The largest absolute Gasteiger partial charge is 0.481 e. The summed E-state index contributed by atoms with van der Waals surface area (Å²) in [5.74, 6) is -2.97. The van der Waals surface area contributed by atoms with Gasteiger partial charge in [0.1, 0.15) is 11.6 Å². The predicted molar refractivity (Wildman–Crippen MR) is 123 cm³/mol. The molecule has 3 atom stereocenters. The smallest absolute Gasteiger partial charge is 0.404 e. The van der Waals surface area contributed by atoms with E-state index in [-0.39, 0.29) is 40.9 Å². The van der Waals surface area contributed by atoms with Gasteiger partial charge in [-0.25, -0.2) is 8.78 Å². The number of hydrogen-bond acceptors (Lipinski definition) is 4. The first-order valence-electron chi connectivity index (χ1n) is 12.2. The van der Waals surface area contributed by atoms with Crippen LogP contribution in [-0.4, -0.2) is 43.1 Å². The van der Waals surface area contributed by atoms with Crippen molar-refractivity contribution >= 4 is 18.9 Å². The average molecular weight is 474 g/mol. The van der Waals surface area contributed by atoms with Crippen molar-refractivity contribution in [3.63, 3.8) is 0 Å². The summed E-state index contributed by atoms with van der Waals surface area (Å²) in [7, 11) is -0.570. The fourth-order valence-corrected chi connectivity index (χ4v) is 7.42. The standard InChI is InChI=1S/C25H33BF2N2O4/c1-14(2)8-19(30-20(31)11-29-21(32)16-9-15(27)6-7-17(16)28)26-33-18-10-24-12-25(13-24,22(24,3)4)23(18,5)34-26/h6-7,9,14,18-19H,8,10-13H2,1-5H3,(H,29,32)(H,30,31)/t18-,19+,23-,24?,25?/m1/s1. The molecule has 2 bridgehead atoms. The molecule has 6 saturated carbocycles. The number of nitrogens with one attached hydrogen (secondary N) is 2. The molecular weight excluding hydrogens is 441 g/mol. The fraction of sp³-hybridized carbons (Fsp3) is 0.680. The van der Waals surface area contributed by atoms with Crippen LogP contribution in [0.2, 0.25) is 0 Å². The zero-order valence-electron chi connectivity index (χ0n) is 20.5. The maximum atomic E-state index is 13.8. The van der Waals surface area contributed by atoms with E-state index < -0.39 is 36.1 Å². The lowest BCUT2D eigenvalue weighted by Gasteiger charge is -2.90. The number of benzene rings is 1. The number of halogens is 2. The number of carbonyl (C=O) groups excluding carboxylic acids is 2. The third kappa shape index (κ3) is 3.05. The Morgan fingerprint density at radius 3 is 2.56 bits per heavy atom. The molecule has 1 heterocycles. The van der Waals surface area contributed by atoms with E-state index in [1.807, 2.05) is 0 Å². The molecule has 0 aromatic heterocycles. The summed E-state index contributed by atoms with van der Waals surface area (Å²) in [6, 6.07) is 2.62. The summed E-state index contributed by atoms with van der Waals surface area (Å²) >= 11 is 0. The molecule has 8 rings (SSSR count). The molecule has 0 unspecified atom stereocenters. The van der Waals surface area contributed by atoms with Gasteiger partial charge in [-0.3, -0.25) is 9.59 Å². The van der Waals surface area contributed by atoms with Crippen LogP contribution in [-0.2, 0) is 14.1 Å². The summed E-state index contributed by atoms with van der Waals surface area (Å²) in [4.78, 5) is 25.0. The van der Waals surface area contributed by atoms with Gasteiger partial charge in [-0.05, 0) is 67.6 Å². The van der Waals surface area contributed by atoms with Gasteiger partial charge in [0.2, 0.25) is 5.91 Å². The Balaban J connectivity index is 1.24. The molecule has 0 radical (unpaired) electrons. The van der Waals surface area contributed by atoms with E-state index in [2.05, 4.69) is 45.3 Å². The van der Waals surface area contributed by atoms with E-state index in [0.717, 1.165) is 24.6 Å². The topological polar surface area (TPSA) is 76.7 Å². The first-order chi connectivity index (χ1) is 15.8. The number of carbonyl (C=O) groups is 2. The first-order valence-corrected chi connectivity index (χ1v) is 12.2. The van der Waals surface area contributed by atoms with Gasteiger partial charge in [0.15, 0.2) is 0 Å². The van der Waals surface area contributed by atoms with E-state index in [0.29, 0.717) is 11.8 Å². The van der Waals surface area contributed by atoms with Crippen molar-refractivity contribution in [1.29, 1.82) is 0 Å². The second-order valence-corrected chi connectivity index (χ2v) is 11.9. The molecule has 184 valence electrons. The molecule has 6 nitrogen and oxygen atoms in total. The molecule has 34 heavy (non-hydrogen) atoms. The highest BCUT2D eigenvalue weighted by atomic mass is 19.1. The van der Waals surface area contributed by atoms with Crippen molar-refractivity contribution < 1.29 is 27.7 Å². The van der Waals surface area contributed by atoms with Gasteiger partial charge in [-0.1, -0.05) is 27.7 Å².